The van der Waals surface area contributed by atoms with Gasteiger partial charge < -0.3 is 9.40 Å². The van der Waals surface area contributed by atoms with Gasteiger partial charge in [0.15, 0.2) is 0 Å². The molecule has 0 saturated carbocycles. The lowest BCUT2D eigenvalue weighted by molar-refractivity contribution is 0.213. The summed E-state index contributed by atoms with van der Waals surface area (Å²) >= 11 is 0. The fraction of sp³-hybridized carbons (Fsp3) is 0.375. The van der Waals surface area contributed by atoms with Crippen LogP contribution in [0.4, 0.5) is 0 Å². The summed E-state index contributed by atoms with van der Waals surface area (Å²) in [4.78, 5) is 4.66. The number of hydrogen-bond acceptors (Lipinski definition) is 2. The molecule has 0 atom stereocenters. The summed E-state index contributed by atoms with van der Waals surface area (Å²) in [7, 11) is 3.52. The Hall–Kier alpha value is -1.25. The third kappa shape index (κ3) is 1.61. The largest absolute Gasteiger partial charge is 0.399 e. The standard InChI is InChI=1S/C8H12N2O/c1-7(9-11-3)8-5-4-6-10(8)2/h4-6H,1-3H3/b9-7+. The first kappa shape index (κ1) is 7.85. The van der Waals surface area contributed by atoms with Crippen molar-refractivity contribution in [1.29, 1.82) is 0 Å². The van der Waals surface area contributed by atoms with Crippen LogP contribution < -0.4 is 0 Å². The zero-order chi connectivity index (χ0) is 8.27. The van der Waals surface area contributed by atoms with E-state index >= 15 is 0 Å². The van der Waals surface area contributed by atoms with Crippen molar-refractivity contribution in [2.45, 2.75) is 6.92 Å². The fourth-order valence-corrected chi connectivity index (χ4v) is 1.02. The van der Waals surface area contributed by atoms with Gasteiger partial charge in [-0.3, -0.25) is 0 Å². The van der Waals surface area contributed by atoms with Crippen LogP contribution >= 0.6 is 0 Å². The fourth-order valence-electron chi connectivity index (χ4n) is 1.02. The molecule has 0 aliphatic carbocycles. The molecule has 0 unspecified atom stereocenters. The van der Waals surface area contributed by atoms with E-state index < -0.39 is 0 Å². The molecule has 1 aromatic heterocycles. The highest BCUT2D eigenvalue weighted by molar-refractivity contribution is 5.96. The summed E-state index contributed by atoms with van der Waals surface area (Å²) in [6, 6.07) is 3.97. The SMILES string of the molecule is CO/N=C(\C)c1cccn1C. The number of aryl methyl sites for hydroxylation is 1. The topological polar surface area (TPSA) is 26.5 Å². The van der Waals surface area contributed by atoms with Gasteiger partial charge in [-0.1, -0.05) is 5.16 Å². The lowest BCUT2D eigenvalue weighted by Gasteiger charge is -2.00. The van der Waals surface area contributed by atoms with Crippen molar-refractivity contribution < 1.29 is 4.84 Å². The maximum absolute atomic E-state index is 4.66. The van der Waals surface area contributed by atoms with Gasteiger partial charge in [-0.15, -0.1) is 0 Å². The van der Waals surface area contributed by atoms with E-state index in [1.165, 1.54) is 0 Å². The summed E-state index contributed by atoms with van der Waals surface area (Å²) in [5.41, 5.74) is 1.96. The molecule has 1 heterocycles. The zero-order valence-electron chi connectivity index (χ0n) is 7.03. The molecule has 0 spiro atoms. The first-order valence-electron chi connectivity index (χ1n) is 3.45. The van der Waals surface area contributed by atoms with Crippen molar-refractivity contribution in [3.8, 4) is 0 Å². The van der Waals surface area contributed by atoms with E-state index in [1.54, 1.807) is 7.11 Å². The average molecular weight is 152 g/mol. The van der Waals surface area contributed by atoms with Crippen LogP contribution in [0.15, 0.2) is 23.5 Å². The number of rotatable bonds is 2. The molecule has 3 nitrogen and oxygen atoms in total. The van der Waals surface area contributed by atoms with Crippen molar-refractivity contribution in [3.63, 3.8) is 0 Å². The summed E-state index contributed by atoms with van der Waals surface area (Å²) in [5.74, 6) is 0. The van der Waals surface area contributed by atoms with E-state index in [4.69, 9.17) is 0 Å². The minimum absolute atomic E-state index is 0.889. The van der Waals surface area contributed by atoms with Crippen LogP contribution in [-0.4, -0.2) is 17.4 Å². The zero-order valence-corrected chi connectivity index (χ0v) is 7.03. The molecule has 1 rings (SSSR count). The molecule has 1 aromatic rings. The van der Waals surface area contributed by atoms with Gasteiger partial charge in [0.1, 0.15) is 12.8 Å². The van der Waals surface area contributed by atoms with Gasteiger partial charge in [-0.05, 0) is 19.1 Å². The second-order valence-electron chi connectivity index (χ2n) is 2.36. The van der Waals surface area contributed by atoms with Gasteiger partial charge in [-0.2, -0.15) is 0 Å². The summed E-state index contributed by atoms with van der Waals surface area (Å²) in [6.45, 7) is 1.92. The average Bonchev–Trinajstić information content (AvgIpc) is 2.36. The van der Waals surface area contributed by atoms with Gasteiger partial charge in [0, 0.05) is 13.2 Å². The van der Waals surface area contributed by atoms with Gasteiger partial charge in [0.25, 0.3) is 0 Å². The van der Waals surface area contributed by atoms with Crippen LogP contribution in [-0.2, 0) is 11.9 Å². The Kier molecular flexibility index (Phi) is 2.31. The van der Waals surface area contributed by atoms with Crippen LogP contribution in [0.3, 0.4) is 0 Å². The Labute approximate surface area is 66.3 Å². The van der Waals surface area contributed by atoms with E-state index in [1.807, 2.05) is 36.9 Å². The molecule has 0 N–H and O–H groups in total. The summed E-state index contributed by atoms with van der Waals surface area (Å²) in [6.07, 6.45) is 1.98. The highest BCUT2D eigenvalue weighted by Gasteiger charge is 1.99. The van der Waals surface area contributed by atoms with Crippen molar-refractivity contribution in [2.24, 2.45) is 12.2 Å². The molecule has 0 aromatic carbocycles. The summed E-state index contributed by atoms with van der Waals surface area (Å²) < 4.78 is 2.00. The molecule has 0 saturated heterocycles. The first-order chi connectivity index (χ1) is 5.25. The van der Waals surface area contributed by atoms with E-state index in [9.17, 15) is 0 Å². The predicted molar refractivity (Wildman–Crippen MR) is 44.6 cm³/mol. The normalized spacial score (nSPS) is 11.7. The minimum atomic E-state index is 0.889. The summed E-state index contributed by atoms with van der Waals surface area (Å²) in [5, 5.41) is 3.82. The van der Waals surface area contributed by atoms with E-state index in [0.29, 0.717) is 0 Å². The lowest BCUT2D eigenvalue weighted by atomic mass is 10.3. The van der Waals surface area contributed by atoms with Crippen molar-refractivity contribution in [1.82, 2.24) is 4.57 Å². The van der Waals surface area contributed by atoms with Gasteiger partial charge >= 0.3 is 0 Å². The van der Waals surface area contributed by atoms with Gasteiger partial charge in [0.2, 0.25) is 0 Å². The van der Waals surface area contributed by atoms with Crippen LogP contribution in [0.2, 0.25) is 0 Å². The molecular weight excluding hydrogens is 140 g/mol. The third-order valence-corrected chi connectivity index (χ3v) is 1.54. The molecule has 0 aliphatic rings. The third-order valence-electron chi connectivity index (χ3n) is 1.54. The second-order valence-corrected chi connectivity index (χ2v) is 2.36. The van der Waals surface area contributed by atoms with E-state index in [-0.39, 0.29) is 0 Å². The van der Waals surface area contributed by atoms with E-state index in [2.05, 4.69) is 9.99 Å². The molecule has 60 valence electrons. The number of oxime groups is 1. The Morgan fingerprint density at radius 1 is 1.64 bits per heavy atom. The maximum atomic E-state index is 4.66. The quantitative estimate of drug-likeness (QED) is 0.464. The molecule has 0 bridgehead atoms. The van der Waals surface area contributed by atoms with Crippen LogP contribution in [0.5, 0.6) is 0 Å². The van der Waals surface area contributed by atoms with Crippen molar-refractivity contribution in [2.75, 3.05) is 7.11 Å². The number of nitrogens with zero attached hydrogens (tertiary/aromatic N) is 2. The second kappa shape index (κ2) is 3.23. The number of hydrogen-bond donors (Lipinski definition) is 0. The monoisotopic (exact) mass is 152 g/mol. The number of aromatic nitrogens is 1. The molecule has 0 radical (unpaired) electrons. The van der Waals surface area contributed by atoms with Crippen molar-refractivity contribution in [3.05, 3.63) is 24.0 Å². The predicted octanol–water partition coefficient (Wildman–Crippen LogP) is 1.40. The maximum Gasteiger partial charge on any atom is 0.106 e. The van der Waals surface area contributed by atoms with Crippen molar-refractivity contribution >= 4 is 5.71 Å². The molecule has 0 aliphatic heterocycles. The van der Waals surface area contributed by atoms with Gasteiger partial charge in [0.05, 0.1) is 5.69 Å². The Bertz CT molecular complexity index is 263. The smallest absolute Gasteiger partial charge is 0.106 e. The van der Waals surface area contributed by atoms with Gasteiger partial charge in [-0.25, -0.2) is 0 Å². The molecular formula is C8H12N2O. The Balaban J connectivity index is 2.92. The molecule has 0 amide bonds. The Morgan fingerprint density at radius 3 is 2.82 bits per heavy atom. The Morgan fingerprint density at radius 2 is 2.36 bits per heavy atom. The minimum Gasteiger partial charge on any atom is -0.399 e. The van der Waals surface area contributed by atoms with Crippen LogP contribution in [0.25, 0.3) is 0 Å². The molecule has 11 heavy (non-hydrogen) atoms. The lowest BCUT2D eigenvalue weighted by Crippen LogP contribution is -2.02. The first-order valence-corrected chi connectivity index (χ1v) is 3.45. The van der Waals surface area contributed by atoms with Crippen LogP contribution in [0, 0.1) is 0 Å². The molecule has 3 heteroatoms. The highest BCUT2D eigenvalue weighted by Crippen LogP contribution is 2.01. The molecule has 0 fully saturated rings. The highest BCUT2D eigenvalue weighted by atomic mass is 16.6. The van der Waals surface area contributed by atoms with Crippen LogP contribution in [0.1, 0.15) is 12.6 Å². The van der Waals surface area contributed by atoms with E-state index in [0.717, 1.165) is 11.4 Å².